The van der Waals surface area contributed by atoms with Crippen LogP contribution in [0.25, 0.3) is 0 Å². The largest absolute Gasteiger partial charge is 0.497 e. The summed E-state index contributed by atoms with van der Waals surface area (Å²) in [6, 6.07) is 10.1. The molecule has 1 atom stereocenters. The molecule has 1 heterocycles. The minimum absolute atomic E-state index is 0.417. The quantitative estimate of drug-likeness (QED) is 0.638. The van der Waals surface area contributed by atoms with Crippen LogP contribution in [0.3, 0.4) is 0 Å². The monoisotopic (exact) mass is 399 g/mol. The maximum atomic E-state index is 10.6. The highest BCUT2D eigenvalue weighted by Gasteiger charge is 2.19. The number of methoxy groups -OCH3 is 3. The van der Waals surface area contributed by atoms with Crippen LogP contribution in [0.15, 0.2) is 30.3 Å². The molecular formula is C24H33NO4. The fourth-order valence-electron chi connectivity index (χ4n) is 4.11. The van der Waals surface area contributed by atoms with Gasteiger partial charge in [0.15, 0.2) is 11.5 Å². The van der Waals surface area contributed by atoms with Crippen LogP contribution < -0.4 is 14.2 Å². The van der Waals surface area contributed by atoms with Gasteiger partial charge in [-0.05, 0) is 85.7 Å². The predicted octanol–water partition coefficient (Wildman–Crippen LogP) is 4.28. The zero-order valence-corrected chi connectivity index (χ0v) is 18.0. The molecule has 3 rings (SSSR count). The fraction of sp³-hybridized carbons (Fsp3) is 0.500. The van der Waals surface area contributed by atoms with E-state index in [1.54, 1.807) is 21.3 Å². The van der Waals surface area contributed by atoms with Crippen molar-refractivity contribution in [3.63, 3.8) is 0 Å². The lowest BCUT2D eigenvalue weighted by Crippen LogP contribution is -2.31. The second-order valence-electron chi connectivity index (χ2n) is 7.74. The number of fused-ring (bicyclic) bond motifs is 1. The highest BCUT2D eigenvalue weighted by molar-refractivity contribution is 5.48. The maximum Gasteiger partial charge on any atom is 0.161 e. The Hall–Kier alpha value is -2.24. The van der Waals surface area contributed by atoms with Crippen molar-refractivity contribution in [1.29, 1.82) is 0 Å². The molecule has 5 nitrogen and oxygen atoms in total. The second-order valence-corrected chi connectivity index (χ2v) is 7.74. The molecule has 2 aromatic carbocycles. The van der Waals surface area contributed by atoms with E-state index in [4.69, 9.17) is 14.2 Å². The number of rotatable bonds is 9. The van der Waals surface area contributed by atoms with Gasteiger partial charge in [-0.3, -0.25) is 4.90 Å². The molecule has 0 saturated heterocycles. The molecule has 0 bridgehead atoms. The van der Waals surface area contributed by atoms with E-state index in [0.29, 0.717) is 0 Å². The lowest BCUT2D eigenvalue weighted by Gasteiger charge is -2.29. The average molecular weight is 400 g/mol. The number of nitrogens with zero attached hydrogens (tertiary/aromatic N) is 1. The number of aliphatic hydroxyl groups is 1. The lowest BCUT2D eigenvalue weighted by atomic mass is 9.97. The van der Waals surface area contributed by atoms with Crippen molar-refractivity contribution in [2.45, 2.75) is 45.3 Å². The van der Waals surface area contributed by atoms with E-state index in [0.717, 1.165) is 73.7 Å². The van der Waals surface area contributed by atoms with Crippen LogP contribution in [-0.2, 0) is 13.0 Å². The van der Waals surface area contributed by atoms with E-state index in [-0.39, 0.29) is 0 Å². The smallest absolute Gasteiger partial charge is 0.161 e. The molecule has 5 heteroatoms. The zero-order chi connectivity index (χ0) is 20.8. The summed E-state index contributed by atoms with van der Waals surface area (Å²) >= 11 is 0. The van der Waals surface area contributed by atoms with Gasteiger partial charge < -0.3 is 19.3 Å². The Bertz CT molecular complexity index is 821. The summed E-state index contributed by atoms with van der Waals surface area (Å²) in [6.07, 6.45) is 3.47. The first-order valence-electron chi connectivity index (χ1n) is 10.3. The van der Waals surface area contributed by atoms with Gasteiger partial charge in [0.2, 0.25) is 0 Å². The molecular weight excluding hydrogens is 366 g/mol. The minimum Gasteiger partial charge on any atom is -0.497 e. The first-order chi connectivity index (χ1) is 14.0. The fourth-order valence-corrected chi connectivity index (χ4v) is 4.11. The number of benzene rings is 2. The third-order valence-electron chi connectivity index (χ3n) is 5.83. The standard InChI is InChI=1S/C24H33NO4/c1-17-13-20(27-2)8-9-21(17)22(26)7-5-6-11-25-12-10-18-14-23(28-3)24(29-4)15-19(18)16-25/h8-9,13-15,22,26H,5-7,10-12,16H2,1-4H3. The van der Waals surface area contributed by atoms with E-state index < -0.39 is 6.10 Å². The molecule has 0 saturated carbocycles. The second kappa shape index (κ2) is 9.99. The Labute approximate surface area is 174 Å². The van der Waals surface area contributed by atoms with Crippen molar-refractivity contribution in [3.8, 4) is 17.2 Å². The molecule has 1 N–H and O–H groups in total. The van der Waals surface area contributed by atoms with Crippen molar-refractivity contribution in [2.75, 3.05) is 34.4 Å². The number of aliphatic hydroxyl groups excluding tert-OH is 1. The van der Waals surface area contributed by atoms with E-state index in [1.165, 1.54) is 11.1 Å². The Morgan fingerprint density at radius 2 is 1.69 bits per heavy atom. The summed E-state index contributed by atoms with van der Waals surface area (Å²) in [5, 5.41) is 10.6. The van der Waals surface area contributed by atoms with Crippen molar-refractivity contribution in [2.24, 2.45) is 0 Å². The molecule has 158 valence electrons. The SMILES string of the molecule is COc1ccc(C(O)CCCCN2CCc3cc(OC)c(OC)cc3C2)c(C)c1. The molecule has 0 fully saturated rings. The minimum atomic E-state index is -0.417. The van der Waals surface area contributed by atoms with Gasteiger partial charge in [0.1, 0.15) is 5.75 Å². The van der Waals surface area contributed by atoms with Gasteiger partial charge in [-0.25, -0.2) is 0 Å². The van der Waals surface area contributed by atoms with E-state index >= 15 is 0 Å². The van der Waals surface area contributed by atoms with Crippen LogP contribution in [0.4, 0.5) is 0 Å². The normalized spacial score (nSPS) is 14.9. The Balaban J connectivity index is 1.48. The third kappa shape index (κ3) is 5.22. The Morgan fingerprint density at radius 3 is 2.34 bits per heavy atom. The molecule has 0 spiro atoms. The van der Waals surface area contributed by atoms with Crippen LogP contribution in [0.1, 0.15) is 47.6 Å². The molecule has 0 radical (unpaired) electrons. The van der Waals surface area contributed by atoms with E-state index in [2.05, 4.69) is 17.0 Å². The molecule has 0 aliphatic carbocycles. The summed E-state index contributed by atoms with van der Waals surface area (Å²) in [5.74, 6) is 2.44. The van der Waals surface area contributed by atoms with Gasteiger partial charge in [-0.2, -0.15) is 0 Å². The summed E-state index contributed by atoms with van der Waals surface area (Å²) in [4.78, 5) is 2.49. The van der Waals surface area contributed by atoms with Gasteiger partial charge in [0, 0.05) is 13.1 Å². The molecule has 1 aliphatic heterocycles. The average Bonchev–Trinajstić information content (AvgIpc) is 2.75. The number of unbranched alkanes of at least 4 members (excludes halogenated alkanes) is 1. The number of aryl methyl sites for hydroxylation is 1. The van der Waals surface area contributed by atoms with Gasteiger partial charge >= 0.3 is 0 Å². The highest BCUT2D eigenvalue weighted by Crippen LogP contribution is 2.33. The van der Waals surface area contributed by atoms with Gasteiger partial charge in [-0.15, -0.1) is 0 Å². The number of hydrogen-bond acceptors (Lipinski definition) is 5. The molecule has 0 aromatic heterocycles. The van der Waals surface area contributed by atoms with Crippen molar-refractivity contribution in [3.05, 3.63) is 52.6 Å². The summed E-state index contributed by atoms with van der Waals surface area (Å²) in [5.41, 5.74) is 4.75. The summed E-state index contributed by atoms with van der Waals surface area (Å²) in [7, 11) is 5.03. The maximum absolute atomic E-state index is 10.6. The van der Waals surface area contributed by atoms with Crippen LogP contribution in [0.5, 0.6) is 17.2 Å². The van der Waals surface area contributed by atoms with Crippen LogP contribution in [0, 0.1) is 6.92 Å². The van der Waals surface area contributed by atoms with Crippen LogP contribution in [-0.4, -0.2) is 44.4 Å². The van der Waals surface area contributed by atoms with Crippen molar-refractivity contribution < 1.29 is 19.3 Å². The Morgan fingerprint density at radius 1 is 0.966 bits per heavy atom. The van der Waals surface area contributed by atoms with Gasteiger partial charge in [0.25, 0.3) is 0 Å². The summed E-state index contributed by atoms with van der Waals surface area (Å²) in [6.45, 7) is 5.07. The lowest BCUT2D eigenvalue weighted by molar-refractivity contribution is 0.159. The number of ether oxygens (including phenoxy) is 3. The van der Waals surface area contributed by atoms with Crippen LogP contribution in [0.2, 0.25) is 0 Å². The molecule has 2 aromatic rings. The first kappa shape index (κ1) is 21.5. The van der Waals surface area contributed by atoms with Crippen molar-refractivity contribution in [1.82, 2.24) is 4.90 Å². The van der Waals surface area contributed by atoms with E-state index in [1.807, 2.05) is 25.1 Å². The summed E-state index contributed by atoms with van der Waals surface area (Å²) < 4.78 is 16.1. The Kier molecular flexibility index (Phi) is 7.40. The number of hydrogen-bond donors (Lipinski definition) is 1. The molecule has 1 aliphatic rings. The van der Waals surface area contributed by atoms with Crippen LogP contribution >= 0.6 is 0 Å². The first-order valence-corrected chi connectivity index (χ1v) is 10.3. The van der Waals surface area contributed by atoms with Gasteiger partial charge in [-0.1, -0.05) is 6.07 Å². The van der Waals surface area contributed by atoms with Gasteiger partial charge in [0.05, 0.1) is 27.4 Å². The molecule has 0 amide bonds. The zero-order valence-electron chi connectivity index (χ0n) is 18.0. The third-order valence-corrected chi connectivity index (χ3v) is 5.83. The molecule has 1 unspecified atom stereocenters. The topological polar surface area (TPSA) is 51.2 Å². The molecule has 29 heavy (non-hydrogen) atoms. The van der Waals surface area contributed by atoms with Crippen molar-refractivity contribution >= 4 is 0 Å². The highest BCUT2D eigenvalue weighted by atomic mass is 16.5. The predicted molar refractivity (Wildman–Crippen MR) is 115 cm³/mol. The van der Waals surface area contributed by atoms with E-state index in [9.17, 15) is 5.11 Å².